The van der Waals surface area contributed by atoms with E-state index in [2.05, 4.69) is 0 Å². The molecule has 0 heterocycles. The fraction of sp³-hybridized carbons (Fsp3) is 0.500. The number of halogens is 1. The first-order chi connectivity index (χ1) is 10.0. The minimum absolute atomic E-state index is 0.00260. The van der Waals surface area contributed by atoms with Crippen molar-refractivity contribution in [2.24, 2.45) is 5.92 Å². The van der Waals surface area contributed by atoms with Crippen molar-refractivity contribution in [1.29, 1.82) is 0 Å². The van der Waals surface area contributed by atoms with Crippen LogP contribution >= 0.6 is 11.6 Å². The number of hydrogen-bond donors (Lipinski definition) is 0. The highest BCUT2D eigenvalue weighted by atomic mass is 35.5. The van der Waals surface area contributed by atoms with Gasteiger partial charge in [-0.15, -0.1) is 0 Å². The van der Waals surface area contributed by atoms with E-state index in [0.29, 0.717) is 19.1 Å². The molecule has 1 fully saturated rings. The fourth-order valence-corrected chi connectivity index (χ4v) is 2.16. The van der Waals surface area contributed by atoms with Crippen LogP contribution in [0.2, 0.25) is 5.02 Å². The molecule has 1 aliphatic rings. The molecule has 6 nitrogen and oxygen atoms in total. The van der Waals surface area contributed by atoms with Gasteiger partial charge in [0, 0.05) is 20.2 Å². The van der Waals surface area contributed by atoms with Gasteiger partial charge in [-0.25, -0.2) is 0 Å². The first-order valence-electron chi connectivity index (χ1n) is 6.77. The van der Waals surface area contributed by atoms with E-state index in [1.807, 2.05) is 0 Å². The number of likely N-dealkylation sites (N-methyl/N-ethyl adjacent to an activating group) is 1. The molecule has 0 unspecified atom stereocenters. The zero-order valence-corrected chi connectivity index (χ0v) is 12.5. The number of nitrogens with zero attached hydrogens (tertiary/aromatic N) is 2. The predicted octanol–water partition coefficient (Wildman–Crippen LogP) is 2.75. The topological polar surface area (TPSA) is 72.7 Å². The summed E-state index contributed by atoms with van der Waals surface area (Å²) < 4.78 is 5.46. The molecule has 21 heavy (non-hydrogen) atoms. The fourth-order valence-electron chi connectivity index (χ4n) is 1.92. The predicted molar refractivity (Wildman–Crippen MR) is 78.6 cm³/mol. The van der Waals surface area contributed by atoms with E-state index in [1.165, 1.54) is 35.9 Å². The lowest BCUT2D eigenvalue weighted by Gasteiger charge is -2.17. The lowest BCUT2D eigenvalue weighted by molar-refractivity contribution is -0.385. The van der Waals surface area contributed by atoms with Crippen molar-refractivity contribution in [1.82, 2.24) is 4.90 Å². The number of carbonyl (C=O) groups excluding carboxylic acids is 1. The molecule has 0 aromatic heterocycles. The number of benzene rings is 1. The number of para-hydroxylation sites is 1. The number of nitro benzene ring substituents is 1. The third-order valence-electron chi connectivity index (χ3n) is 3.37. The number of ether oxygens (including phenoxy) is 1. The summed E-state index contributed by atoms with van der Waals surface area (Å²) in [6, 6.07) is 4.34. The van der Waals surface area contributed by atoms with Gasteiger partial charge in [-0.2, -0.15) is 0 Å². The number of nitro groups is 1. The lowest BCUT2D eigenvalue weighted by atomic mass is 10.1. The van der Waals surface area contributed by atoms with Crippen LogP contribution in [0, 0.1) is 16.0 Å². The first-order valence-corrected chi connectivity index (χ1v) is 7.14. The van der Waals surface area contributed by atoms with Gasteiger partial charge in [-0.05, 0) is 30.9 Å². The highest BCUT2D eigenvalue weighted by molar-refractivity contribution is 6.33. The van der Waals surface area contributed by atoms with E-state index >= 15 is 0 Å². The molecule has 0 saturated heterocycles. The monoisotopic (exact) mass is 312 g/mol. The summed E-state index contributed by atoms with van der Waals surface area (Å²) >= 11 is 5.80. The average molecular weight is 313 g/mol. The third kappa shape index (κ3) is 4.15. The summed E-state index contributed by atoms with van der Waals surface area (Å²) in [7, 11) is 1.59. The summed E-state index contributed by atoms with van der Waals surface area (Å²) in [5.41, 5.74) is -0.355. The van der Waals surface area contributed by atoms with Crippen LogP contribution < -0.4 is 0 Å². The summed E-state index contributed by atoms with van der Waals surface area (Å²) in [6.07, 6.45) is 2.42. The van der Waals surface area contributed by atoms with E-state index in [9.17, 15) is 14.9 Å². The second kappa shape index (κ2) is 6.87. The van der Waals surface area contributed by atoms with Gasteiger partial charge in [-0.1, -0.05) is 17.7 Å². The molecule has 0 atom stereocenters. The zero-order valence-electron chi connectivity index (χ0n) is 11.8. The van der Waals surface area contributed by atoms with Crippen LogP contribution in [0.3, 0.4) is 0 Å². The molecule has 1 amide bonds. The van der Waals surface area contributed by atoms with Crippen molar-refractivity contribution in [3.05, 3.63) is 38.9 Å². The van der Waals surface area contributed by atoms with Crippen molar-refractivity contribution in [3.63, 3.8) is 0 Å². The summed E-state index contributed by atoms with van der Waals surface area (Å²) in [6.45, 7) is 1.53. The molecular formula is C14H17ClN2O4. The molecule has 2 rings (SSSR count). The largest absolute Gasteiger partial charge is 0.379 e. The molecule has 7 heteroatoms. The van der Waals surface area contributed by atoms with Crippen LogP contribution in [-0.2, 0) is 4.74 Å². The minimum Gasteiger partial charge on any atom is -0.379 e. The molecule has 0 bridgehead atoms. The summed E-state index contributed by atoms with van der Waals surface area (Å²) in [5, 5.41) is 11.0. The lowest BCUT2D eigenvalue weighted by Crippen LogP contribution is -2.30. The van der Waals surface area contributed by atoms with Crippen LogP contribution in [0.15, 0.2) is 18.2 Å². The Hall–Kier alpha value is -1.66. The second-order valence-corrected chi connectivity index (χ2v) is 5.55. The van der Waals surface area contributed by atoms with Gasteiger partial charge in [0.05, 0.1) is 11.5 Å². The van der Waals surface area contributed by atoms with Crippen molar-refractivity contribution in [2.45, 2.75) is 12.8 Å². The molecule has 1 aromatic carbocycles. The quantitative estimate of drug-likeness (QED) is 0.441. The molecule has 0 N–H and O–H groups in total. The van der Waals surface area contributed by atoms with Gasteiger partial charge < -0.3 is 9.64 Å². The maximum atomic E-state index is 12.3. The molecule has 114 valence electrons. The molecule has 1 aliphatic carbocycles. The van der Waals surface area contributed by atoms with Gasteiger partial charge in [0.1, 0.15) is 10.6 Å². The Kier molecular flexibility index (Phi) is 5.14. The molecular weight excluding hydrogens is 296 g/mol. The van der Waals surface area contributed by atoms with Gasteiger partial charge in [0.2, 0.25) is 0 Å². The van der Waals surface area contributed by atoms with Gasteiger partial charge in [-0.3, -0.25) is 14.9 Å². The number of amides is 1. The Labute approximate surface area is 127 Å². The maximum absolute atomic E-state index is 12.3. The Balaban J connectivity index is 1.97. The molecule has 1 saturated carbocycles. The van der Waals surface area contributed by atoms with E-state index in [4.69, 9.17) is 16.3 Å². The second-order valence-electron chi connectivity index (χ2n) is 5.14. The first kappa shape index (κ1) is 15.7. The van der Waals surface area contributed by atoms with E-state index in [-0.39, 0.29) is 16.3 Å². The Morgan fingerprint density at radius 1 is 1.52 bits per heavy atom. The smallest absolute Gasteiger partial charge is 0.300 e. The molecule has 0 spiro atoms. The highest BCUT2D eigenvalue weighted by Gasteiger charge is 2.26. The van der Waals surface area contributed by atoms with Gasteiger partial charge in [0.25, 0.3) is 5.91 Å². The Bertz CT molecular complexity index is 546. The van der Waals surface area contributed by atoms with Gasteiger partial charge >= 0.3 is 5.69 Å². The summed E-state index contributed by atoms with van der Waals surface area (Å²) in [5.74, 6) is 0.235. The summed E-state index contributed by atoms with van der Waals surface area (Å²) in [4.78, 5) is 24.1. The third-order valence-corrected chi connectivity index (χ3v) is 3.67. The Morgan fingerprint density at radius 2 is 2.24 bits per heavy atom. The molecule has 1 aromatic rings. The van der Waals surface area contributed by atoms with Crippen LogP contribution in [0.5, 0.6) is 0 Å². The van der Waals surface area contributed by atoms with Crippen molar-refractivity contribution in [3.8, 4) is 0 Å². The standard InChI is InChI=1S/C14H17ClN2O4/c1-16(7-8-21-9-10-5-6-10)14(18)11-3-2-4-12(15)13(11)17(19)20/h2-4,10H,5-9H2,1H3. The number of hydrogen-bond acceptors (Lipinski definition) is 4. The normalized spacial score (nSPS) is 14.0. The minimum atomic E-state index is -0.632. The van der Waals surface area contributed by atoms with Crippen LogP contribution in [0.1, 0.15) is 23.2 Å². The average Bonchev–Trinajstić information content (AvgIpc) is 3.26. The molecule has 0 radical (unpaired) electrons. The van der Waals surface area contributed by atoms with E-state index < -0.39 is 10.8 Å². The van der Waals surface area contributed by atoms with E-state index in [1.54, 1.807) is 7.05 Å². The SMILES string of the molecule is CN(CCOCC1CC1)C(=O)c1cccc(Cl)c1[N+](=O)[O-]. The van der Waals surface area contributed by atoms with Crippen molar-refractivity contribution >= 4 is 23.2 Å². The zero-order chi connectivity index (χ0) is 15.4. The number of rotatable bonds is 7. The van der Waals surface area contributed by atoms with Crippen molar-refractivity contribution in [2.75, 3.05) is 26.8 Å². The van der Waals surface area contributed by atoms with Crippen LogP contribution in [-0.4, -0.2) is 42.5 Å². The van der Waals surface area contributed by atoms with Gasteiger partial charge in [0.15, 0.2) is 0 Å². The maximum Gasteiger partial charge on any atom is 0.300 e. The Morgan fingerprint density at radius 3 is 2.86 bits per heavy atom. The van der Waals surface area contributed by atoms with Crippen LogP contribution in [0.25, 0.3) is 0 Å². The molecule has 0 aliphatic heterocycles. The van der Waals surface area contributed by atoms with Crippen molar-refractivity contribution < 1.29 is 14.5 Å². The highest BCUT2D eigenvalue weighted by Crippen LogP contribution is 2.29. The number of carbonyl (C=O) groups is 1. The van der Waals surface area contributed by atoms with E-state index in [0.717, 1.165) is 6.61 Å². The van der Waals surface area contributed by atoms with Crippen LogP contribution in [0.4, 0.5) is 5.69 Å².